The molecule has 0 spiro atoms. The van der Waals surface area contributed by atoms with Crippen LogP contribution in [0.3, 0.4) is 0 Å². The summed E-state index contributed by atoms with van der Waals surface area (Å²) in [5, 5.41) is 2.95. The third-order valence-electron chi connectivity index (χ3n) is 7.27. The number of hydrogen-bond donors (Lipinski definition) is 1. The Labute approximate surface area is 208 Å². The van der Waals surface area contributed by atoms with Gasteiger partial charge < -0.3 is 19.5 Å². The predicted octanol–water partition coefficient (Wildman–Crippen LogP) is 3.30. The summed E-state index contributed by atoms with van der Waals surface area (Å²) in [6, 6.07) is 7.95. The number of nitrogens with zero attached hydrogens (tertiary/aromatic N) is 3. The molecule has 10 heteroatoms. The highest BCUT2D eigenvalue weighted by Gasteiger charge is 2.36. The molecule has 7 nitrogen and oxygen atoms in total. The van der Waals surface area contributed by atoms with E-state index in [4.69, 9.17) is 4.74 Å². The second-order valence-electron chi connectivity index (χ2n) is 9.76. The number of aromatic nitrogens is 2. The van der Waals surface area contributed by atoms with Gasteiger partial charge in [0.25, 0.3) is 17.9 Å². The summed E-state index contributed by atoms with van der Waals surface area (Å²) in [5.74, 6) is -0.101. The van der Waals surface area contributed by atoms with Crippen LogP contribution in [0.15, 0.2) is 35.1 Å². The van der Waals surface area contributed by atoms with Crippen LogP contribution in [0.2, 0.25) is 0 Å². The number of halogens is 3. The quantitative estimate of drug-likeness (QED) is 0.595. The van der Waals surface area contributed by atoms with E-state index in [-0.39, 0.29) is 23.4 Å². The number of amides is 1. The fourth-order valence-corrected chi connectivity index (χ4v) is 5.00. The van der Waals surface area contributed by atoms with E-state index in [0.29, 0.717) is 50.8 Å². The van der Waals surface area contributed by atoms with E-state index < -0.39 is 18.7 Å². The number of hydrogen-bond acceptors (Lipinski definition) is 5. The number of carbonyl (C=O) groups excluding carboxylic acids is 1. The van der Waals surface area contributed by atoms with Crippen molar-refractivity contribution in [2.45, 2.75) is 63.1 Å². The molecule has 2 aromatic heterocycles. The van der Waals surface area contributed by atoms with Crippen LogP contribution in [-0.4, -0.2) is 64.7 Å². The maximum atomic E-state index is 15.6. The van der Waals surface area contributed by atoms with Gasteiger partial charge in [0.2, 0.25) is 5.88 Å². The smallest absolute Gasteiger partial charge is 0.272 e. The Kier molecular flexibility index (Phi) is 8.33. The lowest BCUT2D eigenvalue weighted by molar-refractivity contribution is 0.0642. The van der Waals surface area contributed by atoms with Crippen LogP contribution in [0.1, 0.15) is 53.8 Å². The molecule has 196 valence electrons. The first-order valence-electron chi connectivity index (χ1n) is 12.5. The number of carbonyl (C=O) groups is 1. The zero-order valence-electron chi connectivity index (χ0n) is 20.5. The maximum Gasteiger partial charge on any atom is 0.272 e. The van der Waals surface area contributed by atoms with E-state index in [2.05, 4.69) is 15.2 Å². The van der Waals surface area contributed by atoms with E-state index in [9.17, 15) is 18.4 Å². The van der Waals surface area contributed by atoms with Crippen molar-refractivity contribution >= 4 is 5.91 Å². The largest absolute Gasteiger partial charge is 0.472 e. The monoisotopic (exact) mass is 506 g/mol. The van der Waals surface area contributed by atoms with Crippen molar-refractivity contribution in [2.75, 3.05) is 26.2 Å². The minimum Gasteiger partial charge on any atom is -0.472 e. The lowest BCUT2D eigenvalue weighted by atomic mass is 9.81. The van der Waals surface area contributed by atoms with Gasteiger partial charge in [0.05, 0.1) is 0 Å². The van der Waals surface area contributed by atoms with Gasteiger partial charge in [0.15, 0.2) is 6.61 Å². The van der Waals surface area contributed by atoms with Crippen molar-refractivity contribution in [2.24, 2.45) is 7.05 Å². The number of rotatable bonds is 8. The standard InChI is InChI=1S/C26H33F3N4O3/c1-32-21(3-2-4-24(32)34)25(35)30-19-7-11-26(29,12-8-19)13-16-33-14-9-18-5-6-23(36-17-22(27)28)31-20(18)10-15-33/h2-6,19,22H,7-17H2,1H3,(H,30,35). The van der Waals surface area contributed by atoms with Crippen molar-refractivity contribution in [3.8, 4) is 5.88 Å². The molecule has 2 aromatic rings. The number of alkyl halides is 3. The van der Waals surface area contributed by atoms with Crippen molar-refractivity contribution < 1.29 is 22.7 Å². The first-order chi connectivity index (χ1) is 17.2. The normalized spacial score (nSPS) is 22.6. The molecule has 4 rings (SSSR count). The molecule has 0 radical (unpaired) electrons. The molecule has 1 N–H and O–H groups in total. The lowest BCUT2D eigenvalue weighted by Crippen LogP contribution is -2.44. The van der Waals surface area contributed by atoms with Crippen LogP contribution in [0, 0.1) is 0 Å². The van der Waals surface area contributed by atoms with Gasteiger partial charge in [-0.1, -0.05) is 12.1 Å². The molecule has 0 aromatic carbocycles. The molecular weight excluding hydrogens is 473 g/mol. The van der Waals surface area contributed by atoms with Gasteiger partial charge in [-0.2, -0.15) is 0 Å². The molecule has 1 saturated carbocycles. The number of pyridine rings is 2. The van der Waals surface area contributed by atoms with Crippen LogP contribution in [0.5, 0.6) is 5.88 Å². The summed E-state index contributed by atoms with van der Waals surface area (Å²) in [4.78, 5) is 31.0. The molecule has 2 aliphatic rings. The molecule has 0 atom stereocenters. The Hall–Kier alpha value is -2.88. The van der Waals surface area contributed by atoms with Crippen LogP contribution in [0.25, 0.3) is 0 Å². The van der Waals surface area contributed by atoms with E-state index in [0.717, 1.165) is 30.8 Å². The summed E-state index contributed by atoms with van der Waals surface area (Å²) < 4.78 is 46.7. The van der Waals surface area contributed by atoms with Crippen molar-refractivity contribution in [3.63, 3.8) is 0 Å². The first-order valence-corrected chi connectivity index (χ1v) is 12.5. The second kappa shape index (κ2) is 11.5. The zero-order valence-corrected chi connectivity index (χ0v) is 20.5. The highest BCUT2D eigenvalue weighted by atomic mass is 19.3. The summed E-state index contributed by atoms with van der Waals surface area (Å²) in [6.07, 6.45) is 1.19. The molecule has 36 heavy (non-hydrogen) atoms. The number of ether oxygens (including phenoxy) is 1. The minimum absolute atomic E-state index is 0.114. The van der Waals surface area contributed by atoms with Gasteiger partial charge in [0.1, 0.15) is 11.4 Å². The summed E-state index contributed by atoms with van der Waals surface area (Å²) >= 11 is 0. The Morgan fingerprint density at radius 3 is 2.69 bits per heavy atom. The van der Waals surface area contributed by atoms with Gasteiger partial charge >= 0.3 is 0 Å². The van der Waals surface area contributed by atoms with Crippen molar-refractivity contribution in [1.82, 2.24) is 19.8 Å². The van der Waals surface area contributed by atoms with Crippen LogP contribution in [0.4, 0.5) is 13.2 Å². The van der Waals surface area contributed by atoms with Gasteiger partial charge in [-0.05, 0) is 50.2 Å². The third-order valence-corrected chi connectivity index (χ3v) is 7.27. The summed E-state index contributed by atoms with van der Waals surface area (Å²) in [7, 11) is 1.56. The molecular formula is C26H33F3N4O3. The van der Waals surface area contributed by atoms with E-state index in [1.165, 1.54) is 10.6 Å². The van der Waals surface area contributed by atoms with Gasteiger partial charge in [-0.25, -0.2) is 18.2 Å². The van der Waals surface area contributed by atoms with Crippen molar-refractivity contribution in [3.05, 3.63) is 57.6 Å². The molecule has 0 bridgehead atoms. The highest BCUT2D eigenvalue weighted by Crippen LogP contribution is 2.35. The molecule has 1 amide bonds. The van der Waals surface area contributed by atoms with E-state index >= 15 is 4.39 Å². The van der Waals surface area contributed by atoms with Gasteiger partial charge in [-0.3, -0.25) is 9.59 Å². The molecule has 3 heterocycles. The average Bonchev–Trinajstić information content (AvgIpc) is 3.06. The van der Waals surface area contributed by atoms with Crippen LogP contribution < -0.4 is 15.6 Å². The Morgan fingerprint density at radius 2 is 1.94 bits per heavy atom. The first kappa shape index (κ1) is 26.2. The topological polar surface area (TPSA) is 76.5 Å². The van der Waals surface area contributed by atoms with Gasteiger partial charge in [-0.15, -0.1) is 0 Å². The fourth-order valence-electron chi connectivity index (χ4n) is 5.00. The number of nitrogens with one attached hydrogen (secondary N) is 1. The zero-order chi connectivity index (χ0) is 25.7. The molecule has 1 aliphatic heterocycles. The molecule has 1 fully saturated rings. The average molecular weight is 507 g/mol. The fraction of sp³-hybridized carbons (Fsp3) is 0.577. The summed E-state index contributed by atoms with van der Waals surface area (Å²) in [6.45, 7) is 1.47. The van der Waals surface area contributed by atoms with E-state index in [1.54, 1.807) is 25.2 Å². The van der Waals surface area contributed by atoms with Gasteiger partial charge in [0, 0.05) is 57.0 Å². The van der Waals surface area contributed by atoms with Crippen molar-refractivity contribution in [1.29, 1.82) is 0 Å². The Balaban J connectivity index is 1.23. The van der Waals surface area contributed by atoms with Crippen LogP contribution in [-0.2, 0) is 19.9 Å². The molecule has 0 saturated heterocycles. The molecule has 1 aliphatic carbocycles. The number of fused-ring (bicyclic) bond motifs is 1. The second-order valence-corrected chi connectivity index (χ2v) is 9.76. The predicted molar refractivity (Wildman–Crippen MR) is 129 cm³/mol. The lowest BCUT2D eigenvalue weighted by Gasteiger charge is -2.35. The third kappa shape index (κ3) is 6.66. The Bertz CT molecular complexity index is 1120. The SMILES string of the molecule is Cn1c(C(=O)NC2CCC(F)(CCN3CCc4ccc(OCC(F)F)nc4CC3)CC2)cccc1=O. The van der Waals surface area contributed by atoms with E-state index in [1.807, 2.05) is 6.07 Å². The Morgan fingerprint density at radius 1 is 1.19 bits per heavy atom. The van der Waals surface area contributed by atoms with Crippen LogP contribution >= 0.6 is 0 Å². The summed E-state index contributed by atoms with van der Waals surface area (Å²) in [5.41, 5.74) is 0.704. The minimum atomic E-state index is -2.54. The molecule has 0 unspecified atom stereocenters. The highest BCUT2D eigenvalue weighted by molar-refractivity contribution is 5.92. The maximum absolute atomic E-state index is 15.6.